The van der Waals surface area contributed by atoms with E-state index in [1.54, 1.807) is 84.9 Å². The number of nitrogens with one attached hydrogen (secondary N) is 2. The summed E-state index contributed by atoms with van der Waals surface area (Å²) in [7, 11) is 0. The number of ether oxygens (including phenoxy) is 2. The highest BCUT2D eigenvalue weighted by Crippen LogP contribution is 2.47. The number of hydrogen-bond acceptors (Lipinski definition) is 10. The van der Waals surface area contributed by atoms with E-state index in [1.165, 1.54) is 36.7 Å². The number of carbonyl (C=O) groups excluding carboxylic acids is 2. The lowest BCUT2D eigenvalue weighted by Crippen LogP contribution is -2.39. The molecule has 366 valence electrons. The molecule has 4 N–H and O–H groups in total. The summed E-state index contributed by atoms with van der Waals surface area (Å²) in [6.07, 6.45) is 8.31. The number of amides is 2. The number of aromatic carboxylic acids is 2. The van der Waals surface area contributed by atoms with Crippen LogP contribution in [0, 0.1) is 11.6 Å². The summed E-state index contributed by atoms with van der Waals surface area (Å²) in [5.74, 6) is -1.36. The van der Waals surface area contributed by atoms with Gasteiger partial charge in [-0.25, -0.2) is 28.3 Å². The fourth-order valence-corrected chi connectivity index (χ4v) is 9.44. The number of halogens is 4. The van der Waals surface area contributed by atoms with Crippen LogP contribution in [0.3, 0.4) is 0 Å². The van der Waals surface area contributed by atoms with E-state index in [9.17, 15) is 28.0 Å². The smallest absolute Gasteiger partial charge is 0.335 e. The van der Waals surface area contributed by atoms with Crippen molar-refractivity contribution >= 4 is 58.6 Å². The van der Waals surface area contributed by atoms with Gasteiger partial charge in [0.25, 0.3) is 11.8 Å². The van der Waals surface area contributed by atoms with Gasteiger partial charge in [0.1, 0.15) is 47.5 Å². The van der Waals surface area contributed by atoms with Gasteiger partial charge in [0.05, 0.1) is 56.0 Å². The fraction of sp³-hybridized carbons (Fsp3) is 0.283. The van der Waals surface area contributed by atoms with Gasteiger partial charge < -0.3 is 40.1 Å². The molecule has 2 amide bonds. The Balaban J connectivity index is 0.000000176. The summed E-state index contributed by atoms with van der Waals surface area (Å²) >= 11 is 12.4. The van der Waals surface area contributed by atoms with Gasteiger partial charge >= 0.3 is 11.9 Å². The van der Waals surface area contributed by atoms with Gasteiger partial charge in [0.2, 0.25) is 0 Å². The van der Waals surface area contributed by atoms with E-state index in [1.807, 2.05) is 9.80 Å². The molecule has 2 aliphatic heterocycles. The molecule has 4 fully saturated rings. The molecule has 0 radical (unpaired) electrons. The molecule has 2 saturated carbocycles. The Morgan fingerprint density at radius 2 is 1.17 bits per heavy atom. The van der Waals surface area contributed by atoms with E-state index in [-0.39, 0.29) is 46.7 Å². The third kappa shape index (κ3) is 11.3. The summed E-state index contributed by atoms with van der Waals surface area (Å²) in [4.78, 5) is 62.2. The van der Waals surface area contributed by atoms with Crippen molar-refractivity contribution in [1.29, 1.82) is 0 Å². The molecular formula is C53H48Cl2F2N6O8. The van der Waals surface area contributed by atoms with Gasteiger partial charge in [0.15, 0.2) is 0 Å². The molecule has 2 atom stereocenters. The lowest BCUT2D eigenvalue weighted by Gasteiger charge is -2.28. The third-order valence-corrected chi connectivity index (χ3v) is 13.6. The zero-order valence-corrected chi connectivity index (χ0v) is 39.6. The van der Waals surface area contributed by atoms with Gasteiger partial charge in [0, 0.05) is 44.0 Å². The quantitative estimate of drug-likeness (QED) is 0.0765. The summed E-state index contributed by atoms with van der Waals surface area (Å²) in [6, 6.07) is 28.4. The molecule has 4 aliphatic rings. The molecule has 71 heavy (non-hydrogen) atoms. The van der Waals surface area contributed by atoms with Crippen molar-refractivity contribution < 1.29 is 47.6 Å². The van der Waals surface area contributed by atoms with Crippen molar-refractivity contribution in [3.63, 3.8) is 0 Å². The third-order valence-electron chi connectivity index (χ3n) is 13.2. The van der Waals surface area contributed by atoms with Crippen molar-refractivity contribution in [1.82, 2.24) is 20.6 Å². The van der Waals surface area contributed by atoms with Crippen LogP contribution in [0.1, 0.15) is 97.5 Å². The van der Waals surface area contributed by atoms with Crippen LogP contribution in [0.4, 0.5) is 20.4 Å². The number of benzene rings is 4. The average molecular weight is 1010 g/mol. The molecular weight excluding hydrogens is 958 g/mol. The molecule has 0 spiro atoms. The molecule has 2 aliphatic carbocycles. The number of rotatable bonds is 15. The Bertz CT molecular complexity index is 2980. The van der Waals surface area contributed by atoms with Gasteiger partial charge in [-0.2, -0.15) is 0 Å². The van der Waals surface area contributed by atoms with E-state index in [4.69, 9.17) is 42.9 Å². The first-order valence-corrected chi connectivity index (χ1v) is 23.9. The average Bonchev–Trinajstić information content (AvgIpc) is 4.21. The molecule has 0 bridgehead atoms. The second-order valence-electron chi connectivity index (χ2n) is 18.1. The predicted molar refractivity (Wildman–Crippen MR) is 262 cm³/mol. The summed E-state index contributed by atoms with van der Waals surface area (Å²) in [5, 5.41) is 25.3. The van der Waals surface area contributed by atoms with Crippen LogP contribution < -0.4 is 29.9 Å². The fourth-order valence-electron chi connectivity index (χ4n) is 9.12. The Kier molecular flexibility index (Phi) is 14.1. The van der Waals surface area contributed by atoms with E-state index in [0.29, 0.717) is 77.0 Å². The highest BCUT2D eigenvalue weighted by Gasteiger charge is 2.47. The number of hydrogen-bond donors (Lipinski definition) is 4. The minimum Gasteiger partial charge on any atom is -0.491 e. The Hall–Kier alpha value is -7.30. The molecule has 0 unspecified atom stereocenters. The second kappa shape index (κ2) is 20.6. The lowest BCUT2D eigenvalue weighted by atomic mass is 10.0. The summed E-state index contributed by atoms with van der Waals surface area (Å²) < 4.78 is 38.8. The number of carbonyl (C=O) groups is 4. The molecule has 2 saturated heterocycles. The molecule has 4 aromatic carbocycles. The zero-order chi connectivity index (χ0) is 49.9. The maximum atomic E-state index is 13.5. The molecule has 4 heterocycles. The molecule has 18 heteroatoms. The number of nitrogens with zero attached hydrogens (tertiary/aromatic N) is 4. The maximum Gasteiger partial charge on any atom is 0.335 e. The summed E-state index contributed by atoms with van der Waals surface area (Å²) in [5.41, 5.74) is 1.76. The maximum absolute atomic E-state index is 13.5. The van der Waals surface area contributed by atoms with Gasteiger partial charge in [-0.15, -0.1) is 0 Å². The normalized spacial score (nSPS) is 18.1. The number of carboxylic acid groups (broad SMARTS) is 2. The van der Waals surface area contributed by atoms with Gasteiger partial charge in [-0.05, 0) is 110 Å². The number of carboxylic acids is 2. The van der Waals surface area contributed by atoms with E-state index in [2.05, 4.69) is 20.6 Å². The number of aromatic nitrogens is 2. The van der Waals surface area contributed by atoms with Crippen LogP contribution in [0.5, 0.6) is 11.5 Å². The molecule has 2 aromatic heterocycles. The van der Waals surface area contributed by atoms with Crippen LogP contribution in [-0.4, -0.2) is 82.3 Å². The van der Waals surface area contributed by atoms with Crippen molar-refractivity contribution in [2.24, 2.45) is 0 Å². The zero-order valence-electron chi connectivity index (χ0n) is 38.1. The Morgan fingerprint density at radius 3 is 1.69 bits per heavy atom. The Morgan fingerprint density at radius 1 is 0.662 bits per heavy atom. The van der Waals surface area contributed by atoms with Crippen molar-refractivity contribution in [3.05, 3.63) is 177 Å². The predicted octanol–water partition coefficient (Wildman–Crippen LogP) is 9.69. The molecule has 6 aromatic rings. The lowest BCUT2D eigenvalue weighted by molar-refractivity contribution is 0.0686. The topological polar surface area (TPSA) is 184 Å². The van der Waals surface area contributed by atoms with Crippen LogP contribution >= 0.6 is 23.2 Å². The van der Waals surface area contributed by atoms with Crippen LogP contribution in [0.25, 0.3) is 0 Å². The minimum atomic E-state index is -0.995. The van der Waals surface area contributed by atoms with E-state index in [0.717, 1.165) is 49.7 Å². The van der Waals surface area contributed by atoms with Crippen molar-refractivity contribution in [2.45, 2.75) is 68.2 Å². The Labute approximate surface area is 417 Å². The first-order chi connectivity index (χ1) is 34.2. The van der Waals surface area contributed by atoms with Crippen LogP contribution in [0.15, 0.2) is 122 Å². The van der Waals surface area contributed by atoms with Gasteiger partial charge in [-0.3, -0.25) is 9.59 Å². The first-order valence-electron chi connectivity index (χ1n) is 23.1. The molecule has 14 nitrogen and oxygen atoms in total. The van der Waals surface area contributed by atoms with E-state index < -0.39 is 23.0 Å². The SMILES string of the molecule is O=C(O)c1ccc(C2(NC(=O)c3cc(Cl)cnc3N3CCC[C@@H]3COc3cccc(F)c3)CC2)cc1.O=C(O)c1ccc(C2(NC(=O)c3cc(Cl)cnc3N3CC[C@H](Oc4cccc(F)c4)C3)CC2)cc1. The van der Waals surface area contributed by atoms with Crippen molar-refractivity contribution in [3.8, 4) is 11.5 Å². The van der Waals surface area contributed by atoms with Crippen LogP contribution in [-0.2, 0) is 11.1 Å². The second-order valence-corrected chi connectivity index (χ2v) is 18.9. The van der Waals surface area contributed by atoms with Crippen molar-refractivity contribution in [2.75, 3.05) is 36.0 Å². The van der Waals surface area contributed by atoms with Gasteiger partial charge in [-0.1, -0.05) is 59.6 Å². The molecule has 10 rings (SSSR count). The monoisotopic (exact) mass is 1000 g/mol. The highest BCUT2D eigenvalue weighted by atomic mass is 35.5. The largest absolute Gasteiger partial charge is 0.491 e. The highest BCUT2D eigenvalue weighted by molar-refractivity contribution is 6.31. The van der Waals surface area contributed by atoms with Crippen LogP contribution in [0.2, 0.25) is 10.0 Å². The minimum absolute atomic E-state index is 0.0352. The first kappa shape index (κ1) is 48.7. The number of anilines is 2. The number of pyridine rings is 2. The standard InChI is InChI=1S/C27H25ClFN3O4.C26H23ClFN3O4/c28-19-13-23(25(33)31-27(10-11-27)18-8-6-17(7-9-18)26(34)35)24(30-15-19)32-12-2-4-21(32)16-36-22-5-1-3-20(29)14-22;27-18-12-22(24(32)30-26(9-10-26)17-6-4-16(5-7-17)25(33)34)23(29-14-18)31-11-8-21(15-31)35-20-3-1-2-19(28)13-20/h1,3,5-9,13-15,21H,2,4,10-12,16H2,(H,31,33)(H,34,35);1-7,12-14,21H,8-11,15H2,(H,30,32)(H,33,34)/t2*21-/m10/s1. The van der Waals surface area contributed by atoms with E-state index >= 15 is 0 Å². The summed E-state index contributed by atoms with van der Waals surface area (Å²) in [6.45, 7) is 2.15.